The van der Waals surface area contributed by atoms with Gasteiger partial charge in [0.1, 0.15) is 4.75 Å². The van der Waals surface area contributed by atoms with Crippen molar-refractivity contribution in [2.24, 2.45) is 5.73 Å². The van der Waals surface area contributed by atoms with Gasteiger partial charge in [-0.3, -0.25) is 4.79 Å². The fourth-order valence-corrected chi connectivity index (χ4v) is 2.11. The number of nitrogens with two attached hydrogens (primary N) is 1. The highest BCUT2D eigenvalue weighted by atomic mass is 32.1. The zero-order valence-electron chi connectivity index (χ0n) is 9.21. The van der Waals surface area contributed by atoms with Crippen molar-refractivity contribution < 1.29 is 4.79 Å². The van der Waals surface area contributed by atoms with Crippen LogP contribution in [-0.2, 0) is 9.54 Å². The molecule has 17 heavy (non-hydrogen) atoms. The third-order valence-corrected chi connectivity index (χ3v) is 3.48. The molecule has 0 aliphatic carbocycles. The SMILES string of the molecule is NC(=O)C(S)(c1ccccc1)c1ccccc1. The van der Waals surface area contributed by atoms with Gasteiger partial charge in [0.05, 0.1) is 0 Å². The number of rotatable bonds is 3. The van der Waals surface area contributed by atoms with Gasteiger partial charge in [0, 0.05) is 0 Å². The molecule has 0 spiro atoms. The monoisotopic (exact) mass is 243 g/mol. The number of carbonyl (C=O) groups excluding carboxylic acids is 1. The Kier molecular flexibility index (Phi) is 3.20. The van der Waals surface area contributed by atoms with Crippen LogP contribution in [0.5, 0.6) is 0 Å². The lowest BCUT2D eigenvalue weighted by Gasteiger charge is -2.26. The first-order valence-corrected chi connectivity index (χ1v) is 5.73. The van der Waals surface area contributed by atoms with Gasteiger partial charge in [0.25, 0.3) is 0 Å². The van der Waals surface area contributed by atoms with Gasteiger partial charge in [-0.2, -0.15) is 12.6 Å². The summed E-state index contributed by atoms with van der Waals surface area (Å²) in [5, 5.41) is 0. The molecular formula is C14H13NOS. The van der Waals surface area contributed by atoms with Gasteiger partial charge < -0.3 is 5.73 Å². The molecule has 0 heterocycles. The lowest BCUT2D eigenvalue weighted by molar-refractivity contribution is -0.119. The smallest absolute Gasteiger partial charge is 0.242 e. The number of primary amides is 1. The molecule has 2 aromatic carbocycles. The lowest BCUT2D eigenvalue weighted by atomic mass is 9.89. The predicted octanol–water partition coefficient (Wildman–Crippen LogP) is 2.35. The standard InChI is InChI=1S/C14H13NOS/c15-13(16)14(17,11-7-3-1-4-8-11)12-9-5-2-6-10-12/h1-10,17H,(H2,15,16). The van der Waals surface area contributed by atoms with Gasteiger partial charge in [0.2, 0.25) is 5.91 Å². The van der Waals surface area contributed by atoms with Crippen LogP contribution in [0.15, 0.2) is 60.7 Å². The molecule has 2 nitrogen and oxygen atoms in total. The quantitative estimate of drug-likeness (QED) is 0.798. The molecule has 0 radical (unpaired) electrons. The second kappa shape index (κ2) is 4.63. The molecule has 2 N–H and O–H groups in total. The van der Waals surface area contributed by atoms with Crippen molar-refractivity contribution in [2.75, 3.05) is 0 Å². The van der Waals surface area contributed by atoms with E-state index in [1.54, 1.807) is 0 Å². The molecule has 0 aromatic heterocycles. The molecule has 0 bridgehead atoms. The van der Waals surface area contributed by atoms with E-state index in [0.29, 0.717) is 0 Å². The van der Waals surface area contributed by atoms with E-state index < -0.39 is 10.7 Å². The molecule has 0 saturated carbocycles. The van der Waals surface area contributed by atoms with E-state index in [2.05, 4.69) is 12.6 Å². The molecule has 2 aromatic rings. The number of hydrogen-bond donors (Lipinski definition) is 2. The summed E-state index contributed by atoms with van der Waals surface area (Å²) in [5.74, 6) is -0.474. The minimum absolute atomic E-state index is 0.474. The van der Waals surface area contributed by atoms with Crippen LogP contribution >= 0.6 is 12.6 Å². The molecule has 0 aliphatic heterocycles. The Morgan fingerprint density at radius 3 is 1.53 bits per heavy atom. The number of benzene rings is 2. The summed E-state index contributed by atoms with van der Waals surface area (Å²) in [5.41, 5.74) is 7.08. The second-order valence-electron chi connectivity index (χ2n) is 3.81. The van der Waals surface area contributed by atoms with Crippen LogP contribution in [0.4, 0.5) is 0 Å². The zero-order valence-corrected chi connectivity index (χ0v) is 10.1. The summed E-state index contributed by atoms with van der Waals surface area (Å²) in [6.45, 7) is 0. The summed E-state index contributed by atoms with van der Waals surface area (Å²) in [4.78, 5) is 11.8. The third-order valence-electron chi connectivity index (χ3n) is 2.74. The highest BCUT2D eigenvalue weighted by Crippen LogP contribution is 2.35. The molecule has 86 valence electrons. The van der Waals surface area contributed by atoms with Crippen molar-refractivity contribution in [3.63, 3.8) is 0 Å². The largest absolute Gasteiger partial charge is 0.368 e. The van der Waals surface area contributed by atoms with Crippen LogP contribution in [0.3, 0.4) is 0 Å². The topological polar surface area (TPSA) is 43.1 Å². The van der Waals surface area contributed by atoms with E-state index in [9.17, 15) is 4.79 Å². The Hall–Kier alpha value is -1.74. The van der Waals surface area contributed by atoms with Gasteiger partial charge in [-0.1, -0.05) is 60.7 Å². The lowest BCUT2D eigenvalue weighted by Crippen LogP contribution is -2.37. The van der Waals surface area contributed by atoms with Crippen LogP contribution in [-0.4, -0.2) is 5.91 Å². The maximum absolute atomic E-state index is 11.8. The molecule has 0 saturated heterocycles. The van der Waals surface area contributed by atoms with Crippen LogP contribution in [0.1, 0.15) is 11.1 Å². The number of thiol groups is 1. The maximum Gasteiger partial charge on any atom is 0.242 e. The van der Waals surface area contributed by atoms with Gasteiger partial charge in [0.15, 0.2) is 0 Å². The van der Waals surface area contributed by atoms with Crippen LogP contribution in [0, 0.1) is 0 Å². The van der Waals surface area contributed by atoms with E-state index in [1.165, 1.54) is 0 Å². The highest BCUT2D eigenvalue weighted by molar-refractivity contribution is 7.82. The summed E-state index contributed by atoms with van der Waals surface area (Å²) < 4.78 is -1.08. The Morgan fingerprint density at radius 1 is 0.882 bits per heavy atom. The average molecular weight is 243 g/mol. The number of hydrogen-bond acceptors (Lipinski definition) is 2. The minimum Gasteiger partial charge on any atom is -0.368 e. The van der Waals surface area contributed by atoms with Gasteiger partial charge >= 0.3 is 0 Å². The number of amides is 1. The first-order valence-electron chi connectivity index (χ1n) is 5.29. The Bertz CT molecular complexity index is 471. The van der Waals surface area contributed by atoms with E-state index in [1.807, 2.05) is 60.7 Å². The summed E-state index contributed by atoms with van der Waals surface area (Å²) >= 11 is 4.52. The van der Waals surface area contributed by atoms with Crippen molar-refractivity contribution >= 4 is 18.5 Å². The molecular weight excluding hydrogens is 230 g/mol. The van der Waals surface area contributed by atoms with E-state index in [0.717, 1.165) is 11.1 Å². The molecule has 1 amide bonds. The predicted molar refractivity (Wildman–Crippen MR) is 71.8 cm³/mol. The summed E-state index contributed by atoms with van der Waals surface area (Å²) in [6.07, 6.45) is 0. The van der Waals surface area contributed by atoms with Crippen LogP contribution < -0.4 is 5.73 Å². The van der Waals surface area contributed by atoms with Crippen molar-refractivity contribution in [2.45, 2.75) is 4.75 Å². The van der Waals surface area contributed by atoms with E-state index in [4.69, 9.17) is 5.73 Å². The van der Waals surface area contributed by atoms with Gasteiger partial charge in [-0.05, 0) is 11.1 Å². The van der Waals surface area contributed by atoms with E-state index >= 15 is 0 Å². The zero-order chi connectivity index (χ0) is 12.3. The van der Waals surface area contributed by atoms with Gasteiger partial charge in [-0.25, -0.2) is 0 Å². The summed E-state index contributed by atoms with van der Waals surface area (Å²) in [6, 6.07) is 18.7. The first kappa shape index (κ1) is 11.7. The molecule has 0 aliphatic rings. The molecule has 0 unspecified atom stereocenters. The minimum atomic E-state index is -1.08. The van der Waals surface area contributed by atoms with Crippen LogP contribution in [0.2, 0.25) is 0 Å². The van der Waals surface area contributed by atoms with Gasteiger partial charge in [-0.15, -0.1) is 0 Å². The third kappa shape index (κ3) is 2.06. The van der Waals surface area contributed by atoms with Crippen molar-refractivity contribution in [3.05, 3.63) is 71.8 Å². The maximum atomic E-state index is 11.8. The van der Waals surface area contributed by atoms with Crippen molar-refractivity contribution in [3.8, 4) is 0 Å². The fraction of sp³-hybridized carbons (Fsp3) is 0.0714. The normalized spacial score (nSPS) is 11.1. The Balaban J connectivity index is 2.59. The Labute approximate surface area is 106 Å². The van der Waals surface area contributed by atoms with Crippen molar-refractivity contribution in [1.82, 2.24) is 0 Å². The summed E-state index contributed by atoms with van der Waals surface area (Å²) in [7, 11) is 0. The first-order chi connectivity index (χ1) is 8.15. The molecule has 2 rings (SSSR count). The van der Waals surface area contributed by atoms with E-state index in [-0.39, 0.29) is 0 Å². The highest BCUT2D eigenvalue weighted by Gasteiger charge is 2.36. The average Bonchev–Trinajstić information content (AvgIpc) is 2.39. The number of carbonyl (C=O) groups is 1. The second-order valence-corrected chi connectivity index (χ2v) is 4.48. The van der Waals surface area contributed by atoms with Crippen LogP contribution in [0.25, 0.3) is 0 Å². The molecule has 3 heteroatoms. The fourth-order valence-electron chi connectivity index (χ4n) is 1.81. The molecule has 0 fully saturated rings. The van der Waals surface area contributed by atoms with Crippen molar-refractivity contribution in [1.29, 1.82) is 0 Å². The Morgan fingerprint density at radius 2 is 1.24 bits per heavy atom. The molecule has 0 atom stereocenters.